The van der Waals surface area contributed by atoms with Gasteiger partial charge in [0.15, 0.2) is 5.65 Å². The molecule has 0 fully saturated rings. The molecule has 8 heteroatoms. The molecule has 0 unspecified atom stereocenters. The second kappa shape index (κ2) is 5.03. The molecule has 0 aliphatic carbocycles. The highest BCUT2D eigenvalue weighted by molar-refractivity contribution is 6.35. The molecule has 0 saturated carbocycles. The third kappa shape index (κ3) is 1.97. The molecule has 0 atom stereocenters. The molecule has 3 aromatic rings. The van der Waals surface area contributed by atoms with Crippen molar-refractivity contribution >= 4 is 34.1 Å². The Morgan fingerprint density at radius 3 is 3.15 bits per heavy atom. The van der Waals surface area contributed by atoms with Gasteiger partial charge >= 0.3 is 0 Å². The lowest BCUT2D eigenvalue weighted by Crippen LogP contribution is -2.24. The van der Waals surface area contributed by atoms with Gasteiger partial charge in [-0.1, -0.05) is 23.7 Å². The van der Waals surface area contributed by atoms with Gasteiger partial charge in [-0.15, -0.1) is 5.10 Å². The minimum atomic E-state index is -0.409. The standard InChI is InChI=1S/C12H10ClN5O2/c1-2-20-15-12(19)8-6-7-4-3-5-9(13)10(7)18-11(8)14-16-17-18/h3-6H,2H2,1H3,(H,15,19). The van der Waals surface area contributed by atoms with Gasteiger partial charge in [-0.3, -0.25) is 9.63 Å². The molecule has 1 aromatic carbocycles. The van der Waals surface area contributed by atoms with E-state index in [9.17, 15) is 4.79 Å². The van der Waals surface area contributed by atoms with Gasteiger partial charge in [-0.05, 0) is 29.5 Å². The van der Waals surface area contributed by atoms with Crippen molar-refractivity contribution in [1.82, 2.24) is 25.5 Å². The highest BCUT2D eigenvalue weighted by Crippen LogP contribution is 2.25. The number of rotatable bonds is 3. The van der Waals surface area contributed by atoms with Crippen LogP contribution in [0.1, 0.15) is 17.3 Å². The van der Waals surface area contributed by atoms with E-state index in [1.807, 2.05) is 6.07 Å². The highest BCUT2D eigenvalue weighted by atomic mass is 35.5. The summed E-state index contributed by atoms with van der Waals surface area (Å²) in [5.74, 6) is -0.409. The van der Waals surface area contributed by atoms with Gasteiger partial charge in [-0.25, -0.2) is 5.48 Å². The third-order valence-electron chi connectivity index (χ3n) is 2.79. The Bertz CT molecular complexity index is 801. The largest absolute Gasteiger partial charge is 0.278 e. The van der Waals surface area contributed by atoms with Crippen LogP contribution in [0.4, 0.5) is 0 Å². The minimum Gasteiger partial charge on any atom is -0.274 e. The van der Waals surface area contributed by atoms with E-state index in [2.05, 4.69) is 21.0 Å². The number of hydroxylamine groups is 1. The molecule has 2 heterocycles. The third-order valence-corrected chi connectivity index (χ3v) is 3.10. The zero-order chi connectivity index (χ0) is 14.1. The Kier molecular flexibility index (Phi) is 3.21. The number of amides is 1. The monoisotopic (exact) mass is 291 g/mol. The lowest BCUT2D eigenvalue weighted by atomic mass is 10.1. The molecule has 1 amide bonds. The number of aromatic nitrogens is 4. The van der Waals surface area contributed by atoms with E-state index in [1.54, 1.807) is 25.1 Å². The van der Waals surface area contributed by atoms with E-state index in [0.29, 0.717) is 28.4 Å². The van der Waals surface area contributed by atoms with Crippen molar-refractivity contribution in [1.29, 1.82) is 0 Å². The zero-order valence-electron chi connectivity index (χ0n) is 10.5. The van der Waals surface area contributed by atoms with Crippen LogP contribution >= 0.6 is 11.6 Å². The zero-order valence-corrected chi connectivity index (χ0v) is 11.3. The van der Waals surface area contributed by atoms with Crippen LogP contribution in [0.15, 0.2) is 24.3 Å². The summed E-state index contributed by atoms with van der Waals surface area (Å²) in [6.07, 6.45) is 0. The number of halogens is 1. The Balaban J connectivity index is 2.26. The Morgan fingerprint density at radius 2 is 2.35 bits per heavy atom. The molecule has 0 bridgehead atoms. The molecular formula is C12H10ClN5O2. The Hall–Kier alpha value is -2.25. The molecule has 0 radical (unpaired) electrons. The summed E-state index contributed by atoms with van der Waals surface area (Å²) in [4.78, 5) is 17.0. The van der Waals surface area contributed by atoms with Crippen LogP contribution in [0, 0.1) is 0 Å². The molecule has 0 saturated heterocycles. The summed E-state index contributed by atoms with van der Waals surface area (Å²) in [5, 5.41) is 12.6. The van der Waals surface area contributed by atoms with Crippen molar-refractivity contribution in [2.24, 2.45) is 0 Å². The normalized spacial score (nSPS) is 11.1. The van der Waals surface area contributed by atoms with Crippen LogP contribution < -0.4 is 5.48 Å². The number of carbonyl (C=O) groups excluding carboxylic acids is 1. The molecule has 2 aromatic heterocycles. The van der Waals surface area contributed by atoms with Crippen molar-refractivity contribution in [3.05, 3.63) is 34.9 Å². The number of nitrogens with zero attached hydrogens (tertiary/aromatic N) is 4. The lowest BCUT2D eigenvalue weighted by Gasteiger charge is -2.07. The quantitative estimate of drug-likeness (QED) is 0.742. The fourth-order valence-electron chi connectivity index (χ4n) is 1.96. The number of fused-ring (bicyclic) bond motifs is 3. The summed E-state index contributed by atoms with van der Waals surface area (Å²) in [7, 11) is 0. The first-order valence-corrected chi connectivity index (χ1v) is 6.31. The number of para-hydroxylation sites is 1. The first kappa shape index (κ1) is 12.8. The minimum absolute atomic E-state index is 0.318. The average Bonchev–Trinajstić information content (AvgIpc) is 2.93. The van der Waals surface area contributed by atoms with Crippen LogP contribution in [-0.4, -0.2) is 32.6 Å². The molecule has 3 rings (SSSR count). The van der Waals surface area contributed by atoms with Crippen molar-refractivity contribution in [3.8, 4) is 0 Å². The van der Waals surface area contributed by atoms with Gasteiger partial charge in [0.25, 0.3) is 5.91 Å². The molecule has 0 spiro atoms. The molecule has 0 aliphatic heterocycles. The number of pyridine rings is 1. The summed E-state index contributed by atoms with van der Waals surface area (Å²) in [6, 6.07) is 7.05. The maximum absolute atomic E-state index is 12.1. The van der Waals surface area contributed by atoms with Gasteiger partial charge in [0.2, 0.25) is 0 Å². The predicted molar refractivity (Wildman–Crippen MR) is 72.4 cm³/mol. The van der Waals surface area contributed by atoms with Gasteiger partial charge in [-0.2, -0.15) is 4.52 Å². The summed E-state index contributed by atoms with van der Waals surface area (Å²) < 4.78 is 1.44. The Labute approximate surface area is 118 Å². The second-order valence-corrected chi connectivity index (χ2v) is 4.42. The number of carbonyl (C=O) groups is 1. The SMILES string of the molecule is CCONC(=O)c1cc2cccc(Cl)c2n2nnnc12. The van der Waals surface area contributed by atoms with Gasteiger partial charge in [0.1, 0.15) is 0 Å². The second-order valence-electron chi connectivity index (χ2n) is 4.01. The number of tetrazole rings is 1. The number of hydrogen-bond donors (Lipinski definition) is 1. The fourth-order valence-corrected chi connectivity index (χ4v) is 2.22. The highest BCUT2D eigenvalue weighted by Gasteiger charge is 2.17. The van der Waals surface area contributed by atoms with Crippen molar-refractivity contribution in [3.63, 3.8) is 0 Å². The fraction of sp³-hybridized carbons (Fsp3) is 0.167. The van der Waals surface area contributed by atoms with E-state index in [0.717, 1.165) is 5.39 Å². The topological polar surface area (TPSA) is 81.4 Å². The van der Waals surface area contributed by atoms with Crippen LogP contribution in [0.25, 0.3) is 16.6 Å². The van der Waals surface area contributed by atoms with E-state index >= 15 is 0 Å². The summed E-state index contributed by atoms with van der Waals surface area (Å²) in [6.45, 7) is 2.14. The van der Waals surface area contributed by atoms with Crippen LogP contribution in [-0.2, 0) is 4.84 Å². The molecular weight excluding hydrogens is 282 g/mol. The van der Waals surface area contributed by atoms with E-state index in [4.69, 9.17) is 16.4 Å². The van der Waals surface area contributed by atoms with Crippen molar-refractivity contribution in [2.45, 2.75) is 6.92 Å². The molecule has 102 valence electrons. The van der Waals surface area contributed by atoms with Crippen LogP contribution in [0.3, 0.4) is 0 Å². The number of nitrogens with one attached hydrogen (secondary N) is 1. The maximum Gasteiger partial charge on any atom is 0.278 e. The van der Waals surface area contributed by atoms with E-state index in [1.165, 1.54) is 4.52 Å². The first-order valence-electron chi connectivity index (χ1n) is 5.94. The van der Waals surface area contributed by atoms with Crippen LogP contribution in [0.2, 0.25) is 5.02 Å². The molecule has 7 nitrogen and oxygen atoms in total. The number of benzene rings is 1. The lowest BCUT2D eigenvalue weighted by molar-refractivity contribution is 0.0365. The first-order chi connectivity index (χ1) is 9.72. The van der Waals surface area contributed by atoms with E-state index in [-0.39, 0.29) is 0 Å². The van der Waals surface area contributed by atoms with Crippen LogP contribution in [0.5, 0.6) is 0 Å². The van der Waals surface area contributed by atoms with E-state index < -0.39 is 5.91 Å². The Morgan fingerprint density at radius 1 is 1.50 bits per heavy atom. The molecule has 0 aliphatic rings. The smallest absolute Gasteiger partial charge is 0.274 e. The van der Waals surface area contributed by atoms with Gasteiger partial charge < -0.3 is 0 Å². The van der Waals surface area contributed by atoms with Gasteiger partial charge in [0.05, 0.1) is 22.7 Å². The van der Waals surface area contributed by atoms with Gasteiger partial charge in [0, 0.05) is 5.39 Å². The number of hydrogen-bond acceptors (Lipinski definition) is 5. The molecule has 1 N–H and O–H groups in total. The summed E-state index contributed by atoms with van der Waals surface area (Å²) >= 11 is 6.17. The predicted octanol–water partition coefficient (Wildman–Crippen LogP) is 1.61. The average molecular weight is 292 g/mol. The van der Waals surface area contributed by atoms with Crippen molar-refractivity contribution in [2.75, 3.05) is 6.61 Å². The summed E-state index contributed by atoms with van der Waals surface area (Å²) in [5.41, 5.74) is 3.62. The maximum atomic E-state index is 12.1. The molecule has 20 heavy (non-hydrogen) atoms. The van der Waals surface area contributed by atoms with Crippen molar-refractivity contribution < 1.29 is 9.63 Å².